The van der Waals surface area contributed by atoms with E-state index in [-0.39, 0.29) is 12.0 Å². The van der Waals surface area contributed by atoms with E-state index in [2.05, 4.69) is 32.2 Å². The van der Waals surface area contributed by atoms with Gasteiger partial charge in [-0.05, 0) is 19.8 Å². The van der Waals surface area contributed by atoms with Crippen molar-refractivity contribution in [1.82, 2.24) is 19.9 Å². The SMILES string of the molecule is CC(CCCC(C)C(=O)O)Nc1ncnc2nc[nH]c12. The molecule has 2 heterocycles. The number of aromatic amines is 1. The van der Waals surface area contributed by atoms with Crippen molar-refractivity contribution in [3.8, 4) is 0 Å². The van der Waals surface area contributed by atoms with Crippen LogP contribution in [-0.4, -0.2) is 37.1 Å². The maximum Gasteiger partial charge on any atom is 0.306 e. The maximum atomic E-state index is 10.7. The number of fused-ring (bicyclic) bond motifs is 1. The van der Waals surface area contributed by atoms with Gasteiger partial charge in [0.15, 0.2) is 11.5 Å². The summed E-state index contributed by atoms with van der Waals surface area (Å²) in [4.78, 5) is 26.1. The summed E-state index contributed by atoms with van der Waals surface area (Å²) in [6, 6.07) is 0.206. The Morgan fingerprint density at radius 2 is 2.15 bits per heavy atom. The summed E-state index contributed by atoms with van der Waals surface area (Å²) in [5.41, 5.74) is 1.42. The molecule has 0 fully saturated rings. The lowest BCUT2D eigenvalue weighted by molar-refractivity contribution is -0.141. The summed E-state index contributed by atoms with van der Waals surface area (Å²) in [7, 11) is 0. The van der Waals surface area contributed by atoms with E-state index < -0.39 is 5.97 Å². The molecule has 2 atom stereocenters. The zero-order valence-electron chi connectivity index (χ0n) is 11.6. The molecule has 0 saturated carbocycles. The van der Waals surface area contributed by atoms with E-state index in [0.717, 1.165) is 24.2 Å². The fourth-order valence-electron chi connectivity index (χ4n) is 2.03. The number of carboxylic acids is 1. The summed E-state index contributed by atoms with van der Waals surface area (Å²) in [6.07, 6.45) is 5.50. The molecule has 0 aromatic carbocycles. The van der Waals surface area contributed by atoms with Gasteiger partial charge in [-0.3, -0.25) is 4.79 Å². The van der Waals surface area contributed by atoms with Crippen molar-refractivity contribution in [2.45, 2.75) is 39.2 Å². The number of imidazole rings is 1. The number of nitrogens with one attached hydrogen (secondary N) is 2. The number of hydrogen-bond donors (Lipinski definition) is 3. The third-order valence-corrected chi connectivity index (χ3v) is 3.30. The highest BCUT2D eigenvalue weighted by atomic mass is 16.4. The minimum Gasteiger partial charge on any atom is -0.481 e. The Bertz CT molecular complexity index is 583. The van der Waals surface area contributed by atoms with E-state index in [1.807, 2.05) is 0 Å². The van der Waals surface area contributed by atoms with Crippen LogP contribution in [0.4, 0.5) is 5.82 Å². The summed E-state index contributed by atoms with van der Waals surface area (Å²) in [5.74, 6) is -0.299. The number of nitrogens with zero attached hydrogens (tertiary/aromatic N) is 3. The molecule has 7 heteroatoms. The topological polar surface area (TPSA) is 104 Å². The molecule has 0 aliphatic carbocycles. The van der Waals surface area contributed by atoms with Crippen molar-refractivity contribution in [3.05, 3.63) is 12.7 Å². The first kappa shape index (κ1) is 14.2. The van der Waals surface area contributed by atoms with E-state index in [1.54, 1.807) is 13.3 Å². The van der Waals surface area contributed by atoms with Gasteiger partial charge in [-0.25, -0.2) is 15.0 Å². The molecular formula is C13H19N5O2. The van der Waals surface area contributed by atoms with Crippen molar-refractivity contribution in [2.24, 2.45) is 5.92 Å². The second-order valence-electron chi connectivity index (χ2n) is 5.04. The van der Waals surface area contributed by atoms with Crippen LogP contribution in [0.25, 0.3) is 11.2 Å². The molecule has 2 unspecified atom stereocenters. The molecular weight excluding hydrogens is 258 g/mol. The van der Waals surface area contributed by atoms with E-state index in [4.69, 9.17) is 5.11 Å². The Hall–Kier alpha value is -2.18. The number of anilines is 1. The molecule has 2 aromatic rings. The summed E-state index contributed by atoms with van der Waals surface area (Å²) >= 11 is 0. The van der Waals surface area contributed by atoms with Crippen molar-refractivity contribution < 1.29 is 9.90 Å². The van der Waals surface area contributed by atoms with Crippen LogP contribution in [0, 0.1) is 5.92 Å². The quantitative estimate of drug-likeness (QED) is 0.715. The predicted octanol–water partition coefficient (Wildman–Crippen LogP) is 2.04. The molecule has 0 radical (unpaired) electrons. The highest BCUT2D eigenvalue weighted by Gasteiger charge is 2.12. The molecule has 2 aromatic heterocycles. The van der Waals surface area contributed by atoms with Crippen molar-refractivity contribution in [1.29, 1.82) is 0 Å². The third-order valence-electron chi connectivity index (χ3n) is 3.30. The van der Waals surface area contributed by atoms with E-state index >= 15 is 0 Å². The monoisotopic (exact) mass is 277 g/mol. The summed E-state index contributed by atoms with van der Waals surface area (Å²) in [6.45, 7) is 3.79. The zero-order chi connectivity index (χ0) is 14.5. The fourth-order valence-corrected chi connectivity index (χ4v) is 2.03. The van der Waals surface area contributed by atoms with Gasteiger partial charge in [-0.15, -0.1) is 0 Å². The number of H-pyrrole nitrogens is 1. The van der Waals surface area contributed by atoms with Crippen LogP contribution in [0.15, 0.2) is 12.7 Å². The van der Waals surface area contributed by atoms with Gasteiger partial charge in [0.05, 0.1) is 12.2 Å². The van der Waals surface area contributed by atoms with E-state index in [9.17, 15) is 4.79 Å². The number of aromatic nitrogens is 4. The van der Waals surface area contributed by atoms with Gasteiger partial charge in [0.25, 0.3) is 0 Å². The standard InChI is InChI=1S/C13H19N5O2/c1-8(13(19)20)4-3-5-9(2)18-12-10-11(15-6-14-10)16-7-17-12/h6-9H,3-5H2,1-2H3,(H,19,20)(H2,14,15,16,17,18). The lowest BCUT2D eigenvalue weighted by atomic mass is 10.0. The Balaban J connectivity index is 1.87. The predicted molar refractivity (Wildman–Crippen MR) is 75.4 cm³/mol. The van der Waals surface area contributed by atoms with Crippen LogP contribution in [0.2, 0.25) is 0 Å². The van der Waals surface area contributed by atoms with Gasteiger partial charge in [-0.1, -0.05) is 13.3 Å². The molecule has 0 saturated heterocycles. The Labute approximate surface area is 116 Å². The van der Waals surface area contributed by atoms with E-state index in [1.165, 1.54) is 6.33 Å². The van der Waals surface area contributed by atoms with Crippen LogP contribution in [0.5, 0.6) is 0 Å². The lowest BCUT2D eigenvalue weighted by Crippen LogP contribution is -2.17. The first-order valence-electron chi connectivity index (χ1n) is 6.71. The smallest absolute Gasteiger partial charge is 0.306 e. The maximum absolute atomic E-state index is 10.7. The third kappa shape index (κ3) is 3.43. The molecule has 7 nitrogen and oxygen atoms in total. The minimum atomic E-state index is -0.736. The number of hydrogen-bond acceptors (Lipinski definition) is 5. The second-order valence-corrected chi connectivity index (χ2v) is 5.04. The number of carboxylic acid groups (broad SMARTS) is 1. The lowest BCUT2D eigenvalue weighted by Gasteiger charge is -2.15. The van der Waals surface area contributed by atoms with Crippen LogP contribution >= 0.6 is 0 Å². The normalized spacial score (nSPS) is 14.1. The van der Waals surface area contributed by atoms with Gasteiger partial charge in [0, 0.05) is 6.04 Å². The second kappa shape index (κ2) is 6.31. The first-order valence-corrected chi connectivity index (χ1v) is 6.71. The van der Waals surface area contributed by atoms with Crippen LogP contribution in [0.3, 0.4) is 0 Å². The number of rotatable bonds is 7. The Morgan fingerprint density at radius 1 is 1.35 bits per heavy atom. The van der Waals surface area contributed by atoms with Crippen LogP contribution < -0.4 is 5.32 Å². The summed E-state index contributed by atoms with van der Waals surface area (Å²) < 4.78 is 0. The van der Waals surface area contributed by atoms with Crippen LogP contribution in [-0.2, 0) is 4.79 Å². The molecule has 0 spiro atoms. The average molecular weight is 277 g/mol. The fraction of sp³-hybridized carbons (Fsp3) is 0.538. The van der Waals surface area contributed by atoms with Gasteiger partial charge < -0.3 is 15.4 Å². The highest BCUT2D eigenvalue weighted by Crippen LogP contribution is 2.17. The van der Waals surface area contributed by atoms with E-state index in [0.29, 0.717) is 12.1 Å². The molecule has 0 bridgehead atoms. The average Bonchev–Trinajstić information content (AvgIpc) is 2.87. The number of carbonyl (C=O) groups is 1. The molecule has 0 aliphatic rings. The van der Waals surface area contributed by atoms with Gasteiger partial charge in [-0.2, -0.15) is 0 Å². The summed E-state index contributed by atoms with van der Waals surface area (Å²) in [5, 5.41) is 12.1. The molecule has 0 aliphatic heterocycles. The van der Waals surface area contributed by atoms with Gasteiger partial charge in [0.2, 0.25) is 0 Å². The largest absolute Gasteiger partial charge is 0.481 e. The van der Waals surface area contributed by atoms with Gasteiger partial charge >= 0.3 is 5.97 Å². The molecule has 108 valence electrons. The molecule has 0 amide bonds. The first-order chi connectivity index (χ1) is 9.58. The molecule has 20 heavy (non-hydrogen) atoms. The zero-order valence-corrected chi connectivity index (χ0v) is 11.6. The molecule has 2 rings (SSSR count). The number of aliphatic carboxylic acids is 1. The van der Waals surface area contributed by atoms with Crippen molar-refractivity contribution in [2.75, 3.05) is 5.32 Å². The highest BCUT2D eigenvalue weighted by molar-refractivity contribution is 5.81. The van der Waals surface area contributed by atoms with Gasteiger partial charge in [0.1, 0.15) is 11.8 Å². The van der Waals surface area contributed by atoms with Crippen molar-refractivity contribution >= 4 is 23.0 Å². The Morgan fingerprint density at radius 3 is 2.90 bits per heavy atom. The Kier molecular flexibility index (Phi) is 4.49. The molecule has 3 N–H and O–H groups in total. The van der Waals surface area contributed by atoms with Crippen molar-refractivity contribution in [3.63, 3.8) is 0 Å². The van der Waals surface area contributed by atoms with Crippen LogP contribution in [0.1, 0.15) is 33.1 Å². The minimum absolute atomic E-state index is 0.206.